The van der Waals surface area contributed by atoms with Crippen LogP contribution in [0, 0.1) is 0 Å². The summed E-state index contributed by atoms with van der Waals surface area (Å²) in [7, 11) is 0. The Kier molecular flexibility index (Phi) is 4.94. The zero-order valence-corrected chi connectivity index (χ0v) is 9.60. The van der Waals surface area contributed by atoms with Gasteiger partial charge >= 0.3 is 0 Å². The number of carbonyl (C=O) groups is 2. The smallest absolute Gasteiger partial charge is 0.289 e. The molecule has 1 amide bonds. The maximum atomic E-state index is 11.5. The lowest BCUT2D eigenvalue weighted by Crippen LogP contribution is -2.43. The second-order valence-corrected chi connectivity index (χ2v) is 3.61. The number of nitrogens with one attached hydrogen (secondary N) is 1. The van der Waals surface area contributed by atoms with Crippen molar-refractivity contribution >= 4 is 24.1 Å². The summed E-state index contributed by atoms with van der Waals surface area (Å²) in [6.45, 7) is 1.43. The maximum absolute atomic E-state index is 11.5. The van der Waals surface area contributed by atoms with E-state index in [0.717, 1.165) is 12.8 Å². The Balaban J connectivity index is 0.00000256. The molecule has 0 aliphatic heterocycles. The van der Waals surface area contributed by atoms with E-state index in [1.165, 1.54) is 6.92 Å². The number of Topliss-reactive ketones (excluding diaryl/α,β-unsaturated/α-hetero) is 1. The summed E-state index contributed by atoms with van der Waals surface area (Å²) in [5, 5.41) is 2.57. The molecule has 5 heteroatoms. The molecule has 0 unspecified atom stereocenters. The Bertz CT molecular complexity index is 291. The number of ketones is 1. The first kappa shape index (κ1) is 10.9. The van der Waals surface area contributed by atoms with Gasteiger partial charge in [0.05, 0.1) is 6.04 Å². The standard InChI is InChI=1S/C10H18N2O2.ClH/c1-2-3-4-8(11)9(13)10(14)12-7-5-6-7;/h7-8H,2-6,11H2,1H3,(H,12,14);1H/t8-;/m0./s1/i2D2;. The van der Waals surface area contributed by atoms with Crippen LogP contribution in [0.2, 0.25) is 0 Å². The number of rotatable bonds is 6. The molecule has 3 N–H and O–H groups in total. The van der Waals surface area contributed by atoms with Crippen molar-refractivity contribution in [2.75, 3.05) is 0 Å². The first-order valence-corrected chi connectivity index (χ1v) is 4.90. The van der Waals surface area contributed by atoms with Crippen molar-refractivity contribution in [2.45, 2.75) is 51.1 Å². The molecule has 0 aromatic rings. The number of carbonyl (C=O) groups excluding carboxylic acids is 2. The second kappa shape index (κ2) is 6.80. The molecule has 0 bridgehead atoms. The third-order valence-electron chi connectivity index (χ3n) is 2.18. The van der Waals surface area contributed by atoms with Crippen LogP contribution in [-0.2, 0) is 9.59 Å². The number of nitrogens with two attached hydrogens (primary N) is 1. The Labute approximate surface area is 99.2 Å². The third-order valence-corrected chi connectivity index (χ3v) is 2.18. The quantitative estimate of drug-likeness (QED) is 0.670. The molecule has 1 saturated carbocycles. The Morgan fingerprint density at radius 3 is 2.67 bits per heavy atom. The second-order valence-electron chi connectivity index (χ2n) is 3.61. The summed E-state index contributed by atoms with van der Waals surface area (Å²) in [4.78, 5) is 22.8. The molecule has 0 aromatic heterocycles. The van der Waals surface area contributed by atoms with Gasteiger partial charge in [-0.1, -0.05) is 19.7 Å². The van der Waals surface area contributed by atoms with Crippen molar-refractivity contribution in [3.8, 4) is 0 Å². The fourth-order valence-electron chi connectivity index (χ4n) is 1.08. The van der Waals surface area contributed by atoms with Crippen molar-refractivity contribution in [1.29, 1.82) is 0 Å². The molecule has 0 radical (unpaired) electrons. The minimum atomic E-state index is -1.36. The minimum absolute atomic E-state index is 0. The average molecular weight is 237 g/mol. The first-order valence-electron chi connectivity index (χ1n) is 5.90. The van der Waals surface area contributed by atoms with Gasteiger partial charge in [0.25, 0.3) is 5.91 Å². The van der Waals surface area contributed by atoms with E-state index in [4.69, 9.17) is 8.48 Å². The molecule has 1 aliphatic rings. The van der Waals surface area contributed by atoms with E-state index in [-0.39, 0.29) is 31.3 Å². The van der Waals surface area contributed by atoms with Gasteiger partial charge in [0, 0.05) is 8.78 Å². The molecule has 0 spiro atoms. The van der Waals surface area contributed by atoms with Gasteiger partial charge in [0.15, 0.2) is 0 Å². The van der Waals surface area contributed by atoms with Crippen LogP contribution in [0.25, 0.3) is 0 Å². The number of hydrogen-bond donors (Lipinski definition) is 2. The van der Waals surface area contributed by atoms with Crippen LogP contribution in [0.1, 0.15) is 41.7 Å². The van der Waals surface area contributed by atoms with Crippen LogP contribution in [-0.4, -0.2) is 23.8 Å². The summed E-state index contributed by atoms with van der Waals surface area (Å²) in [6.07, 6.45) is 0.861. The highest BCUT2D eigenvalue weighted by Gasteiger charge is 2.28. The average Bonchev–Trinajstić information content (AvgIpc) is 2.95. The van der Waals surface area contributed by atoms with Crippen LogP contribution in [0.5, 0.6) is 0 Å². The van der Waals surface area contributed by atoms with Crippen LogP contribution in [0.3, 0.4) is 0 Å². The van der Waals surface area contributed by atoms with Gasteiger partial charge < -0.3 is 11.1 Å². The van der Waals surface area contributed by atoms with Crippen LogP contribution in [0.15, 0.2) is 0 Å². The van der Waals surface area contributed by atoms with Gasteiger partial charge in [-0.3, -0.25) is 9.59 Å². The molecule has 1 fully saturated rings. The van der Waals surface area contributed by atoms with Gasteiger partial charge in [-0.25, -0.2) is 0 Å². The number of hydrogen-bond acceptors (Lipinski definition) is 3. The molecule has 1 aliphatic carbocycles. The van der Waals surface area contributed by atoms with E-state index in [9.17, 15) is 9.59 Å². The topological polar surface area (TPSA) is 72.2 Å². The molecular weight excluding hydrogens is 216 g/mol. The summed E-state index contributed by atoms with van der Waals surface area (Å²) in [6, 6.07) is -0.755. The van der Waals surface area contributed by atoms with Crippen LogP contribution >= 0.6 is 12.4 Å². The highest BCUT2D eigenvalue weighted by Crippen LogP contribution is 2.18. The number of amides is 1. The molecular formula is C10H19ClN2O2. The van der Waals surface area contributed by atoms with Crippen molar-refractivity contribution in [3.63, 3.8) is 0 Å². The molecule has 0 heterocycles. The highest BCUT2D eigenvalue weighted by atomic mass is 35.5. The molecule has 1 rings (SSSR count). The predicted octanol–water partition coefficient (Wildman–Crippen LogP) is 0.773. The lowest BCUT2D eigenvalue weighted by Gasteiger charge is -2.09. The summed E-state index contributed by atoms with van der Waals surface area (Å²) in [5.74, 6) is -1.28. The fourth-order valence-corrected chi connectivity index (χ4v) is 1.08. The van der Waals surface area contributed by atoms with Crippen LogP contribution < -0.4 is 11.1 Å². The largest absolute Gasteiger partial charge is 0.347 e. The molecule has 4 nitrogen and oxygen atoms in total. The Morgan fingerprint density at radius 2 is 2.20 bits per heavy atom. The monoisotopic (exact) mass is 236 g/mol. The van der Waals surface area contributed by atoms with E-state index in [2.05, 4.69) is 5.32 Å². The summed E-state index contributed by atoms with van der Waals surface area (Å²) < 4.78 is 14.6. The van der Waals surface area contributed by atoms with Crippen molar-refractivity contribution in [1.82, 2.24) is 5.32 Å². The molecule has 0 saturated heterocycles. The Hall–Kier alpha value is -0.610. The lowest BCUT2D eigenvalue weighted by atomic mass is 10.1. The van der Waals surface area contributed by atoms with Gasteiger partial charge in [-0.05, 0) is 19.3 Å². The van der Waals surface area contributed by atoms with Crippen molar-refractivity contribution < 1.29 is 12.3 Å². The normalized spacial score (nSPS) is 19.3. The summed E-state index contributed by atoms with van der Waals surface area (Å²) in [5.41, 5.74) is 5.54. The van der Waals surface area contributed by atoms with E-state index in [1.807, 2.05) is 0 Å². The molecule has 15 heavy (non-hydrogen) atoms. The van der Waals surface area contributed by atoms with Gasteiger partial charge in [0.2, 0.25) is 5.78 Å². The van der Waals surface area contributed by atoms with Gasteiger partial charge in [-0.15, -0.1) is 12.4 Å². The van der Waals surface area contributed by atoms with E-state index >= 15 is 0 Å². The SMILES string of the molecule is Cl.[2H]C([2H])(C)CC[C@H](N)C(=O)C(=O)NC1CC1. The zero-order valence-electron chi connectivity index (χ0n) is 10.8. The maximum Gasteiger partial charge on any atom is 0.289 e. The van der Waals surface area contributed by atoms with Gasteiger partial charge in [-0.2, -0.15) is 0 Å². The number of halogens is 1. The predicted molar refractivity (Wildman–Crippen MR) is 60.9 cm³/mol. The lowest BCUT2D eigenvalue weighted by molar-refractivity contribution is -0.138. The van der Waals surface area contributed by atoms with Crippen molar-refractivity contribution in [2.24, 2.45) is 5.73 Å². The highest BCUT2D eigenvalue weighted by molar-refractivity contribution is 6.38. The fraction of sp³-hybridized carbons (Fsp3) is 0.800. The van der Waals surface area contributed by atoms with Gasteiger partial charge in [0.1, 0.15) is 0 Å². The van der Waals surface area contributed by atoms with E-state index in [0.29, 0.717) is 0 Å². The molecule has 0 aromatic carbocycles. The van der Waals surface area contributed by atoms with Crippen LogP contribution in [0.4, 0.5) is 0 Å². The zero-order chi connectivity index (χ0) is 12.3. The third kappa shape index (κ3) is 5.14. The first-order chi connectivity index (χ1) is 7.29. The van der Waals surface area contributed by atoms with E-state index in [1.54, 1.807) is 0 Å². The molecule has 88 valence electrons. The van der Waals surface area contributed by atoms with E-state index < -0.39 is 24.1 Å². The van der Waals surface area contributed by atoms with Crippen molar-refractivity contribution in [3.05, 3.63) is 0 Å². The summed E-state index contributed by atoms with van der Waals surface area (Å²) >= 11 is 0. The Morgan fingerprint density at radius 1 is 1.60 bits per heavy atom. The molecule has 1 atom stereocenters. The minimum Gasteiger partial charge on any atom is -0.347 e.